The summed E-state index contributed by atoms with van der Waals surface area (Å²) in [5, 5.41) is 5.39. The first-order valence-corrected chi connectivity index (χ1v) is 9.07. The number of hydrogen-bond donors (Lipinski definition) is 2. The minimum atomic E-state index is -0.572. The Morgan fingerprint density at radius 2 is 1.89 bits per heavy atom. The molecule has 4 rings (SSSR count). The summed E-state index contributed by atoms with van der Waals surface area (Å²) < 4.78 is 1.70. The number of benzene rings is 1. The summed E-state index contributed by atoms with van der Waals surface area (Å²) >= 11 is 0. The van der Waals surface area contributed by atoms with Crippen molar-refractivity contribution in [2.24, 2.45) is 11.5 Å². The smallest absolute Gasteiger partial charge is 0.267 e. The number of hydrogen-bond acceptors (Lipinski definition) is 5. The largest absolute Gasteiger partial charge is 0.364 e. The maximum atomic E-state index is 11.4. The van der Waals surface area contributed by atoms with Gasteiger partial charge in [-0.3, -0.25) is 9.78 Å². The number of primary amides is 1. The number of aromatic nitrogens is 4. The van der Waals surface area contributed by atoms with Gasteiger partial charge in [0.1, 0.15) is 5.69 Å². The van der Waals surface area contributed by atoms with E-state index in [4.69, 9.17) is 16.5 Å². The first-order valence-electron chi connectivity index (χ1n) is 9.07. The number of fused-ring (bicyclic) bond motifs is 1. The van der Waals surface area contributed by atoms with Crippen LogP contribution < -0.4 is 11.5 Å². The molecule has 0 saturated heterocycles. The van der Waals surface area contributed by atoms with E-state index in [0.717, 1.165) is 40.7 Å². The number of amides is 1. The number of rotatable bonds is 6. The molecule has 4 N–H and O–H groups in total. The van der Waals surface area contributed by atoms with E-state index in [0.29, 0.717) is 12.4 Å². The minimum absolute atomic E-state index is 0.201. The quantitative estimate of drug-likeness (QED) is 0.540. The Morgan fingerprint density at radius 1 is 1.04 bits per heavy atom. The Morgan fingerprint density at radius 3 is 2.71 bits per heavy atom. The molecule has 7 nitrogen and oxygen atoms in total. The molecule has 0 fully saturated rings. The van der Waals surface area contributed by atoms with Gasteiger partial charge >= 0.3 is 0 Å². The average molecular weight is 372 g/mol. The second kappa shape index (κ2) is 7.58. The molecule has 1 amide bonds. The summed E-state index contributed by atoms with van der Waals surface area (Å²) in [6.45, 7) is 0.647. The molecule has 4 aromatic rings. The Hall–Kier alpha value is -3.58. The zero-order chi connectivity index (χ0) is 19.5. The predicted octanol–water partition coefficient (Wildman–Crippen LogP) is 2.47. The van der Waals surface area contributed by atoms with Crippen LogP contribution in [0.15, 0.2) is 60.8 Å². The van der Waals surface area contributed by atoms with Gasteiger partial charge in [0.15, 0.2) is 5.82 Å². The van der Waals surface area contributed by atoms with Gasteiger partial charge in [-0.1, -0.05) is 24.3 Å². The molecule has 140 valence electrons. The Bertz CT molecular complexity index is 1150. The van der Waals surface area contributed by atoms with E-state index in [1.807, 2.05) is 36.4 Å². The fourth-order valence-electron chi connectivity index (χ4n) is 3.10. The molecule has 0 aliphatic heterocycles. The molecular weight excluding hydrogens is 352 g/mol. The lowest BCUT2D eigenvalue weighted by molar-refractivity contribution is 0.0995. The Kier molecular flexibility index (Phi) is 4.82. The molecule has 28 heavy (non-hydrogen) atoms. The molecule has 7 heteroatoms. The molecule has 0 bridgehead atoms. The van der Waals surface area contributed by atoms with Crippen molar-refractivity contribution < 1.29 is 4.79 Å². The van der Waals surface area contributed by atoms with E-state index in [9.17, 15) is 4.79 Å². The fraction of sp³-hybridized carbons (Fsp3) is 0.143. The van der Waals surface area contributed by atoms with Crippen LogP contribution in [0.25, 0.3) is 28.0 Å². The standard InChI is InChI=1S/C21H20N6O/c22-11-3-5-16-4-1-6-17(25-16)14-9-10-15-13-24-27(19(15)12-14)20-8-2-7-18(26-20)21(23)28/h1-2,4,6-10,12-13H,3,5,11,22H2,(H2,23,28). The van der Waals surface area contributed by atoms with Crippen molar-refractivity contribution in [1.29, 1.82) is 0 Å². The number of aryl methyl sites for hydroxylation is 1. The summed E-state index contributed by atoms with van der Waals surface area (Å²) in [5.41, 5.74) is 14.9. The van der Waals surface area contributed by atoms with E-state index in [2.05, 4.69) is 10.1 Å². The van der Waals surface area contributed by atoms with Gasteiger partial charge in [0.2, 0.25) is 0 Å². The first-order chi connectivity index (χ1) is 13.7. The molecule has 0 aliphatic carbocycles. The first kappa shape index (κ1) is 17.8. The maximum Gasteiger partial charge on any atom is 0.267 e. The van der Waals surface area contributed by atoms with Crippen LogP contribution >= 0.6 is 0 Å². The van der Waals surface area contributed by atoms with E-state index in [1.54, 1.807) is 29.1 Å². The SMILES string of the molecule is NCCCc1cccc(-c2ccc3cnn(-c4cccc(C(N)=O)n4)c3c2)n1. The lowest BCUT2D eigenvalue weighted by Crippen LogP contribution is -2.14. The van der Waals surface area contributed by atoms with Crippen LogP contribution in [-0.2, 0) is 6.42 Å². The van der Waals surface area contributed by atoms with Crippen LogP contribution in [0, 0.1) is 0 Å². The number of nitrogens with zero attached hydrogens (tertiary/aromatic N) is 4. The molecule has 0 unspecified atom stereocenters. The number of pyridine rings is 2. The highest BCUT2D eigenvalue weighted by Gasteiger charge is 2.11. The van der Waals surface area contributed by atoms with Crippen molar-refractivity contribution in [2.45, 2.75) is 12.8 Å². The van der Waals surface area contributed by atoms with E-state index in [1.165, 1.54) is 0 Å². The second-order valence-corrected chi connectivity index (χ2v) is 6.48. The van der Waals surface area contributed by atoms with Crippen LogP contribution in [0.1, 0.15) is 22.6 Å². The van der Waals surface area contributed by atoms with E-state index in [-0.39, 0.29) is 5.69 Å². The summed E-state index contributed by atoms with van der Waals surface area (Å²) in [7, 11) is 0. The summed E-state index contributed by atoms with van der Waals surface area (Å²) in [4.78, 5) is 20.5. The number of nitrogens with two attached hydrogens (primary N) is 2. The molecule has 0 spiro atoms. The third-order valence-electron chi connectivity index (χ3n) is 4.51. The van der Waals surface area contributed by atoms with Gasteiger partial charge in [-0.2, -0.15) is 5.10 Å². The highest BCUT2D eigenvalue weighted by atomic mass is 16.1. The summed E-state index contributed by atoms with van der Waals surface area (Å²) in [6.07, 6.45) is 3.53. The van der Waals surface area contributed by atoms with Gasteiger partial charge in [0.05, 0.1) is 17.4 Å². The zero-order valence-electron chi connectivity index (χ0n) is 15.2. The van der Waals surface area contributed by atoms with Crippen LogP contribution in [0.3, 0.4) is 0 Å². The molecule has 0 saturated carbocycles. The molecule has 3 heterocycles. The number of carbonyl (C=O) groups excluding carboxylic acids is 1. The molecule has 0 radical (unpaired) electrons. The maximum absolute atomic E-state index is 11.4. The zero-order valence-corrected chi connectivity index (χ0v) is 15.2. The van der Waals surface area contributed by atoms with Crippen molar-refractivity contribution in [2.75, 3.05) is 6.54 Å². The lowest BCUT2D eigenvalue weighted by Gasteiger charge is -2.07. The van der Waals surface area contributed by atoms with Crippen LogP contribution in [0.4, 0.5) is 0 Å². The van der Waals surface area contributed by atoms with Crippen molar-refractivity contribution in [3.63, 3.8) is 0 Å². The normalized spacial score (nSPS) is 11.0. The van der Waals surface area contributed by atoms with E-state index >= 15 is 0 Å². The van der Waals surface area contributed by atoms with Crippen molar-refractivity contribution in [3.8, 4) is 17.1 Å². The van der Waals surface area contributed by atoms with Crippen LogP contribution in [0.2, 0.25) is 0 Å². The second-order valence-electron chi connectivity index (χ2n) is 6.48. The van der Waals surface area contributed by atoms with Gasteiger partial charge in [0.25, 0.3) is 5.91 Å². The topological polar surface area (TPSA) is 113 Å². The van der Waals surface area contributed by atoms with Gasteiger partial charge in [-0.05, 0) is 49.7 Å². The van der Waals surface area contributed by atoms with Crippen LogP contribution in [-0.4, -0.2) is 32.2 Å². The summed E-state index contributed by atoms with van der Waals surface area (Å²) in [5.74, 6) is -0.0365. The molecule has 1 aromatic carbocycles. The Balaban J connectivity index is 1.77. The van der Waals surface area contributed by atoms with Gasteiger partial charge in [-0.25, -0.2) is 9.67 Å². The van der Waals surface area contributed by atoms with Crippen LogP contribution in [0.5, 0.6) is 0 Å². The highest BCUT2D eigenvalue weighted by Crippen LogP contribution is 2.25. The monoisotopic (exact) mass is 372 g/mol. The van der Waals surface area contributed by atoms with Gasteiger partial charge in [-0.15, -0.1) is 0 Å². The molecule has 0 aliphatic rings. The highest BCUT2D eigenvalue weighted by molar-refractivity contribution is 5.91. The van der Waals surface area contributed by atoms with Crippen molar-refractivity contribution >= 4 is 16.8 Å². The number of carbonyl (C=O) groups is 1. The predicted molar refractivity (Wildman–Crippen MR) is 108 cm³/mol. The van der Waals surface area contributed by atoms with Gasteiger partial charge in [0, 0.05) is 16.6 Å². The Labute approximate surface area is 162 Å². The third kappa shape index (κ3) is 3.47. The lowest BCUT2D eigenvalue weighted by atomic mass is 10.1. The van der Waals surface area contributed by atoms with Crippen molar-refractivity contribution in [1.82, 2.24) is 19.7 Å². The van der Waals surface area contributed by atoms with Crippen molar-refractivity contribution in [3.05, 3.63) is 72.2 Å². The van der Waals surface area contributed by atoms with E-state index < -0.39 is 5.91 Å². The molecular formula is C21H20N6O. The minimum Gasteiger partial charge on any atom is -0.364 e. The average Bonchev–Trinajstić information content (AvgIpc) is 3.16. The molecule has 3 aromatic heterocycles. The summed E-state index contributed by atoms with van der Waals surface area (Å²) in [6, 6.07) is 17.2. The molecule has 0 atom stereocenters. The van der Waals surface area contributed by atoms with Gasteiger partial charge < -0.3 is 11.5 Å². The fourth-order valence-corrected chi connectivity index (χ4v) is 3.10. The third-order valence-corrected chi connectivity index (χ3v) is 4.51.